The van der Waals surface area contributed by atoms with Crippen LogP contribution in [-0.2, 0) is 11.3 Å². The van der Waals surface area contributed by atoms with Crippen LogP contribution in [0.25, 0.3) is 0 Å². The Morgan fingerprint density at radius 1 is 1.10 bits per heavy atom. The van der Waals surface area contributed by atoms with E-state index in [1.165, 1.54) is 20.9 Å². The first-order valence-electron chi connectivity index (χ1n) is 7.39. The van der Waals surface area contributed by atoms with Crippen LogP contribution < -0.4 is 5.48 Å². The highest BCUT2D eigenvalue weighted by molar-refractivity contribution is 7.99. The van der Waals surface area contributed by atoms with Crippen LogP contribution in [0.3, 0.4) is 0 Å². The molecule has 0 aliphatic rings. The molecule has 0 saturated carbocycles. The highest BCUT2D eigenvalue weighted by atomic mass is 32.2. The van der Waals surface area contributed by atoms with Crippen LogP contribution in [0.4, 0.5) is 5.69 Å². The van der Waals surface area contributed by atoms with Crippen molar-refractivity contribution < 1.29 is 4.84 Å². The summed E-state index contributed by atoms with van der Waals surface area (Å²) in [5.41, 5.74) is 6.48. The number of rotatable bonds is 5. The Hall–Kier alpha value is -1.45. The molecule has 2 nitrogen and oxygen atoms in total. The maximum Gasteiger partial charge on any atom is 0.0636 e. The SMILES string of the molecule is CC.CCc1ccccc1Sc1cc(C)cc(NOC)c1. The third-order valence-corrected chi connectivity index (χ3v) is 3.94. The van der Waals surface area contributed by atoms with Crippen LogP contribution >= 0.6 is 11.8 Å². The van der Waals surface area contributed by atoms with Gasteiger partial charge in [-0.05, 0) is 48.7 Å². The quantitative estimate of drug-likeness (QED) is 0.715. The first kappa shape index (κ1) is 17.6. The fourth-order valence-electron chi connectivity index (χ4n) is 2.01. The standard InChI is InChI=1S/C16H19NOS.C2H6/c1-4-13-7-5-6-8-16(13)19-15-10-12(2)9-14(11-15)17-18-3;1-2/h5-11,17H,4H2,1-3H3;1-2H3. The molecule has 0 bridgehead atoms. The summed E-state index contributed by atoms with van der Waals surface area (Å²) in [6, 6.07) is 14.9. The van der Waals surface area contributed by atoms with Gasteiger partial charge < -0.3 is 0 Å². The third-order valence-electron chi connectivity index (χ3n) is 2.85. The maximum absolute atomic E-state index is 4.97. The molecule has 0 saturated heterocycles. The lowest BCUT2D eigenvalue weighted by Crippen LogP contribution is -1.96. The summed E-state index contributed by atoms with van der Waals surface area (Å²) >= 11 is 1.80. The summed E-state index contributed by atoms with van der Waals surface area (Å²) in [6.07, 6.45) is 1.05. The molecule has 1 N–H and O–H groups in total. The Morgan fingerprint density at radius 2 is 1.81 bits per heavy atom. The molecule has 21 heavy (non-hydrogen) atoms. The summed E-state index contributed by atoms with van der Waals surface area (Å²) in [6.45, 7) is 8.28. The minimum atomic E-state index is 0.985. The van der Waals surface area contributed by atoms with Crippen molar-refractivity contribution in [3.05, 3.63) is 53.6 Å². The molecule has 0 radical (unpaired) electrons. The highest BCUT2D eigenvalue weighted by Gasteiger charge is 2.04. The first-order valence-corrected chi connectivity index (χ1v) is 8.21. The van der Waals surface area contributed by atoms with E-state index in [2.05, 4.69) is 61.8 Å². The normalized spacial score (nSPS) is 9.76. The zero-order chi connectivity index (χ0) is 15.7. The van der Waals surface area contributed by atoms with Gasteiger partial charge in [0.05, 0.1) is 12.8 Å². The zero-order valence-electron chi connectivity index (χ0n) is 13.6. The van der Waals surface area contributed by atoms with Crippen LogP contribution in [0.1, 0.15) is 31.9 Å². The van der Waals surface area contributed by atoms with E-state index >= 15 is 0 Å². The summed E-state index contributed by atoms with van der Waals surface area (Å²) in [4.78, 5) is 7.51. The molecular weight excluding hydrogens is 278 g/mol. The summed E-state index contributed by atoms with van der Waals surface area (Å²) in [5, 5.41) is 0. The summed E-state index contributed by atoms with van der Waals surface area (Å²) in [7, 11) is 1.63. The summed E-state index contributed by atoms with van der Waals surface area (Å²) < 4.78 is 0. The molecule has 3 heteroatoms. The predicted octanol–water partition coefficient (Wildman–Crippen LogP) is 5.71. The molecule has 0 atom stereocenters. The average Bonchev–Trinajstić information content (AvgIpc) is 2.49. The van der Waals surface area contributed by atoms with Crippen LogP contribution in [0.15, 0.2) is 52.3 Å². The van der Waals surface area contributed by atoms with E-state index in [1.54, 1.807) is 18.9 Å². The van der Waals surface area contributed by atoms with E-state index < -0.39 is 0 Å². The first-order chi connectivity index (χ1) is 10.2. The van der Waals surface area contributed by atoms with Crippen LogP contribution in [-0.4, -0.2) is 7.11 Å². The van der Waals surface area contributed by atoms with E-state index in [1.807, 2.05) is 13.8 Å². The highest BCUT2D eigenvalue weighted by Crippen LogP contribution is 2.32. The van der Waals surface area contributed by atoms with Crippen molar-refractivity contribution in [2.24, 2.45) is 0 Å². The monoisotopic (exact) mass is 303 g/mol. The van der Waals surface area contributed by atoms with Crippen LogP contribution in [0.2, 0.25) is 0 Å². The van der Waals surface area contributed by atoms with Gasteiger partial charge in [-0.15, -0.1) is 0 Å². The van der Waals surface area contributed by atoms with E-state index in [9.17, 15) is 0 Å². The second-order valence-corrected chi connectivity index (χ2v) is 5.52. The van der Waals surface area contributed by atoms with Crippen molar-refractivity contribution in [3.8, 4) is 0 Å². The molecule has 0 spiro atoms. The summed E-state index contributed by atoms with van der Waals surface area (Å²) in [5.74, 6) is 0. The van der Waals surface area contributed by atoms with Gasteiger partial charge in [-0.1, -0.05) is 50.7 Å². The van der Waals surface area contributed by atoms with Gasteiger partial charge in [-0.2, -0.15) is 0 Å². The zero-order valence-corrected chi connectivity index (χ0v) is 14.4. The number of aryl methyl sites for hydroxylation is 2. The Labute approximate surface area is 132 Å². The van der Waals surface area contributed by atoms with Crippen molar-refractivity contribution in [3.63, 3.8) is 0 Å². The number of hydrogen-bond acceptors (Lipinski definition) is 3. The number of hydrogen-bond donors (Lipinski definition) is 1. The Balaban J connectivity index is 0.00000106. The number of anilines is 1. The molecule has 2 aromatic rings. The van der Waals surface area contributed by atoms with Gasteiger partial charge in [0, 0.05) is 9.79 Å². The molecule has 0 fully saturated rings. The van der Waals surface area contributed by atoms with Crippen molar-refractivity contribution in [1.29, 1.82) is 0 Å². The Kier molecular flexibility index (Phi) is 7.95. The average molecular weight is 303 g/mol. The van der Waals surface area contributed by atoms with Gasteiger partial charge >= 0.3 is 0 Å². The topological polar surface area (TPSA) is 21.3 Å². The second kappa shape index (κ2) is 9.48. The van der Waals surface area contributed by atoms with Gasteiger partial charge in [-0.25, -0.2) is 0 Å². The largest absolute Gasteiger partial charge is 0.279 e. The van der Waals surface area contributed by atoms with E-state index in [0.717, 1.165) is 12.1 Å². The second-order valence-electron chi connectivity index (χ2n) is 4.40. The van der Waals surface area contributed by atoms with Crippen molar-refractivity contribution in [1.82, 2.24) is 0 Å². The number of nitrogens with one attached hydrogen (secondary N) is 1. The van der Waals surface area contributed by atoms with Crippen LogP contribution in [0.5, 0.6) is 0 Å². The van der Waals surface area contributed by atoms with Gasteiger partial charge in [-0.3, -0.25) is 10.3 Å². The minimum absolute atomic E-state index is 0.985. The minimum Gasteiger partial charge on any atom is -0.279 e. The van der Waals surface area contributed by atoms with Gasteiger partial charge in [0.1, 0.15) is 0 Å². The molecule has 0 aromatic heterocycles. The predicted molar refractivity (Wildman–Crippen MR) is 93.1 cm³/mol. The van der Waals surface area contributed by atoms with Gasteiger partial charge in [0.15, 0.2) is 0 Å². The van der Waals surface area contributed by atoms with Gasteiger partial charge in [0.25, 0.3) is 0 Å². The molecule has 114 valence electrons. The fraction of sp³-hybridized carbons (Fsp3) is 0.333. The number of benzene rings is 2. The molecule has 2 rings (SSSR count). The lowest BCUT2D eigenvalue weighted by molar-refractivity contribution is 0.271. The lowest BCUT2D eigenvalue weighted by atomic mass is 10.2. The third kappa shape index (κ3) is 5.44. The Bertz CT molecular complexity index is 555. The molecule has 0 unspecified atom stereocenters. The molecule has 2 aromatic carbocycles. The van der Waals surface area contributed by atoms with E-state index in [4.69, 9.17) is 4.84 Å². The van der Waals surface area contributed by atoms with E-state index in [-0.39, 0.29) is 0 Å². The van der Waals surface area contributed by atoms with Crippen molar-refractivity contribution in [2.45, 2.75) is 43.9 Å². The smallest absolute Gasteiger partial charge is 0.0636 e. The lowest BCUT2D eigenvalue weighted by Gasteiger charge is -2.10. The molecule has 0 aliphatic heterocycles. The molecular formula is C18H25NOS. The van der Waals surface area contributed by atoms with Crippen LogP contribution in [0, 0.1) is 6.92 Å². The van der Waals surface area contributed by atoms with Crippen molar-refractivity contribution in [2.75, 3.05) is 12.6 Å². The van der Waals surface area contributed by atoms with E-state index in [0.29, 0.717) is 0 Å². The molecule has 0 heterocycles. The van der Waals surface area contributed by atoms with Gasteiger partial charge in [0.2, 0.25) is 0 Å². The Morgan fingerprint density at radius 3 is 2.48 bits per heavy atom. The molecule has 0 aliphatic carbocycles. The molecule has 0 amide bonds. The fourth-order valence-corrected chi connectivity index (χ4v) is 3.18. The maximum atomic E-state index is 4.97. The van der Waals surface area contributed by atoms with Crippen molar-refractivity contribution >= 4 is 17.4 Å².